The molecule has 2 rings (SSSR count). The normalized spacial score (nSPS) is 31.8. The molecule has 2 unspecified atom stereocenters. The smallest absolute Gasteiger partial charge is 0.0463 e. The minimum atomic E-state index is 0.241. The van der Waals surface area contributed by atoms with Gasteiger partial charge in [0, 0.05) is 25.2 Å². The zero-order valence-electron chi connectivity index (χ0n) is 11.1. The lowest BCUT2D eigenvalue weighted by Crippen LogP contribution is -2.55. The average Bonchev–Trinajstić information content (AvgIpc) is 2.30. The van der Waals surface area contributed by atoms with E-state index in [2.05, 4.69) is 41.5 Å². The molecule has 0 aliphatic carbocycles. The maximum Gasteiger partial charge on any atom is 0.0463 e. The zero-order chi connectivity index (χ0) is 12.3. The highest BCUT2D eigenvalue weighted by Gasteiger charge is 2.28. The summed E-state index contributed by atoms with van der Waals surface area (Å²) in [6.45, 7) is 4.52. The Morgan fingerprint density at radius 2 is 2.06 bits per heavy atom. The summed E-state index contributed by atoms with van der Waals surface area (Å²) in [5.74, 6) is 0.864. The first-order valence-corrected chi connectivity index (χ1v) is 6.71. The van der Waals surface area contributed by atoms with Crippen molar-refractivity contribution in [2.45, 2.75) is 24.9 Å². The lowest BCUT2D eigenvalue weighted by Gasteiger charge is -2.40. The van der Waals surface area contributed by atoms with Crippen LogP contribution in [0.2, 0.25) is 0 Å². The van der Waals surface area contributed by atoms with Crippen molar-refractivity contribution in [3.8, 4) is 0 Å². The molecule has 2 heterocycles. The van der Waals surface area contributed by atoms with Crippen LogP contribution in [-0.4, -0.2) is 62.2 Å². The number of nitrogens with one attached hydrogen (secondary N) is 1. The quantitative estimate of drug-likeness (QED) is 0.730. The number of likely N-dealkylation sites (tertiary alicyclic amines) is 1. The van der Waals surface area contributed by atoms with Gasteiger partial charge in [-0.25, -0.2) is 0 Å². The van der Waals surface area contributed by atoms with Gasteiger partial charge in [-0.3, -0.25) is 4.90 Å². The van der Waals surface area contributed by atoms with Gasteiger partial charge in [0.2, 0.25) is 0 Å². The highest BCUT2D eigenvalue weighted by atomic mass is 15.2. The van der Waals surface area contributed by atoms with Gasteiger partial charge >= 0.3 is 0 Å². The molecule has 98 valence electrons. The molecule has 0 saturated carbocycles. The van der Waals surface area contributed by atoms with E-state index >= 15 is 0 Å². The van der Waals surface area contributed by atoms with Crippen molar-refractivity contribution >= 4 is 0 Å². The van der Waals surface area contributed by atoms with Crippen molar-refractivity contribution in [3.63, 3.8) is 0 Å². The van der Waals surface area contributed by atoms with Gasteiger partial charge in [0.1, 0.15) is 0 Å². The van der Waals surface area contributed by atoms with Crippen molar-refractivity contribution in [3.05, 3.63) is 12.3 Å². The van der Waals surface area contributed by atoms with E-state index < -0.39 is 0 Å². The van der Waals surface area contributed by atoms with E-state index in [9.17, 15) is 0 Å². The third-order valence-corrected chi connectivity index (χ3v) is 3.90. The van der Waals surface area contributed by atoms with Crippen LogP contribution in [0.3, 0.4) is 0 Å². The Kier molecular flexibility index (Phi) is 4.42. The summed E-state index contributed by atoms with van der Waals surface area (Å²) in [6.07, 6.45) is 6.89. The second-order valence-electron chi connectivity index (χ2n) is 5.66. The molecule has 0 amide bonds. The first-order chi connectivity index (χ1) is 8.16. The summed E-state index contributed by atoms with van der Waals surface area (Å²) in [5.41, 5.74) is 6.16. The molecule has 2 atom stereocenters. The summed E-state index contributed by atoms with van der Waals surface area (Å²) >= 11 is 0. The summed E-state index contributed by atoms with van der Waals surface area (Å²) in [7, 11) is 4.33. The van der Waals surface area contributed by atoms with Gasteiger partial charge in [-0.05, 0) is 52.1 Å². The third-order valence-electron chi connectivity index (χ3n) is 3.90. The third kappa shape index (κ3) is 3.44. The second kappa shape index (κ2) is 5.85. The number of piperidine rings is 1. The van der Waals surface area contributed by atoms with Crippen molar-refractivity contribution in [2.75, 3.05) is 40.3 Å². The Morgan fingerprint density at radius 3 is 2.65 bits per heavy atom. The predicted octanol–water partition coefficient (Wildman–Crippen LogP) is 0.0728. The van der Waals surface area contributed by atoms with Gasteiger partial charge in [-0.1, -0.05) is 6.08 Å². The van der Waals surface area contributed by atoms with Gasteiger partial charge in [0.05, 0.1) is 0 Å². The van der Waals surface area contributed by atoms with E-state index in [1.54, 1.807) is 0 Å². The molecular weight excluding hydrogens is 212 g/mol. The van der Waals surface area contributed by atoms with Crippen LogP contribution in [0.25, 0.3) is 0 Å². The van der Waals surface area contributed by atoms with E-state index in [-0.39, 0.29) is 6.04 Å². The number of nitrogens with zero attached hydrogens (tertiary/aromatic N) is 2. The largest absolute Gasteiger partial charge is 0.389 e. The summed E-state index contributed by atoms with van der Waals surface area (Å²) in [4.78, 5) is 4.85. The van der Waals surface area contributed by atoms with Crippen molar-refractivity contribution in [1.29, 1.82) is 0 Å². The minimum Gasteiger partial charge on any atom is -0.389 e. The van der Waals surface area contributed by atoms with E-state index in [4.69, 9.17) is 5.73 Å². The van der Waals surface area contributed by atoms with Gasteiger partial charge in [-0.15, -0.1) is 0 Å². The molecule has 1 fully saturated rings. The molecule has 2 aliphatic heterocycles. The standard InChI is InChI=1S/C13H26N4/c1-16(2)10-11-4-7-17(8-5-11)13-3-6-15-9-12(13)14/h3,6,11-13,15H,4-5,7-10,14H2,1-2H3. The number of rotatable bonds is 3. The SMILES string of the molecule is CN(C)CC1CCN(C2C=CNCC2N)CC1. The van der Waals surface area contributed by atoms with Crippen LogP contribution in [0, 0.1) is 5.92 Å². The average molecular weight is 238 g/mol. The van der Waals surface area contributed by atoms with Crippen molar-refractivity contribution < 1.29 is 0 Å². The monoisotopic (exact) mass is 238 g/mol. The fourth-order valence-corrected chi connectivity index (χ4v) is 2.98. The van der Waals surface area contributed by atoms with E-state index in [0.717, 1.165) is 12.5 Å². The van der Waals surface area contributed by atoms with Gasteiger partial charge in [-0.2, -0.15) is 0 Å². The predicted molar refractivity (Wildman–Crippen MR) is 71.8 cm³/mol. The molecule has 4 heteroatoms. The molecule has 1 saturated heterocycles. The van der Waals surface area contributed by atoms with E-state index in [0.29, 0.717) is 6.04 Å². The summed E-state index contributed by atoms with van der Waals surface area (Å²) in [5, 5.41) is 3.20. The Hall–Kier alpha value is -0.580. The molecule has 0 radical (unpaired) electrons. The van der Waals surface area contributed by atoms with Crippen LogP contribution in [0.15, 0.2) is 12.3 Å². The minimum absolute atomic E-state index is 0.241. The molecule has 0 bridgehead atoms. The highest BCUT2D eigenvalue weighted by Crippen LogP contribution is 2.21. The van der Waals surface area contributed by atoms with Crippen molar-refractivity contribution in [2.24, 2.45) is 11.7 Å². The maximum atomic E-state index is 6.16. The molecule has 0 aromatic carbocycles. The lowest BCUT2D eigenvalue weighted by atomic mass is 9.93. The topological polar surface area (TPSA) is 44.5 Å². The Labute approximate surface area is 105 Å². The number of hydrogen-bond acceptors (Lipinski definition) is 4. The molecule has 17 heavy (non-hydrogen) atoms. The lowest BCUT2D eigenvalue weighted by molar-refractivity contribution is 0.124. The van der Waals surface area contributed by atoms with Crippen LogP contribution in [-0.2, 0) is 0 Å². The molecule has 0 spiro atoms. The van der Waals surface area contributed by atoms with Crippen molar-refractivity contribution in [1.82, 2.24) is 15.1 Å². The fraction of sp³-hybridized carbons (Fsp3) is 0.846. The zero-order valence-corrected chi connectivity index (χ0v) is 11.1. The number of nitrogens with two attached hydrogens (primary N) is 1. The van der Waals surface area contributed by atoms with Crippen LogP contribution in [0.5, 0.6) is 0 Å². The second-order valence-corrected chi connectivity index (χ2v) is 5.66. The molecule has 0 aromatic rings. The van der Waals surface area contributed by atoms with E-state index in [1.807, 2.05) is 0 Å². The summed E-state index contributed by atoms with van der Waals surface area (Å²) < 4.78 is 0. The molecule has 3 N–H and O–H groups in total. The molecular formula is C13H26N4. The fourth-order valence-electron chi connectivity index (χ4n) is 2.98. The summed E-state index contributed by atoms with van der Waals surface area (Å²) in [6, 6.07) is 0.682. The van der Waals surface area contributed by atoms with Crippen LogP contribution >= 0.6 is 0 Å². The maximum absolute atomic E-state index is 6.16. The first-order valence-electron chi connectivity index (χ1n) is 6.71. The first kappa shape index (κ1) is 12.9. The Bertz CT molecular complexity index is 256. The van der Waals surface area contributed by atoms with Gasteiger partial charge < -0.3 is 16.0 Å². The molecule has 2 aliphatic rings. The van der Waals surface area contributed by atoms with Crippen LogP contribution in [0.4, 0.5) is 0 Å². The van der Waals surface area contributed by atoms with Crippen LogP contribution < -0.4 is 11.1 Å². The van der Waals surface area contributed by atoms with Crippen LogP contribution in [0.1, 0.15) is 12.8 Å². The van der Waals surface area contributed by atoms with Gasteiger partial charge in [0.25, 0.3) is 0 Å². The van der Waals surface area contributed by atoms with Gasteiger partial charge in [0.15, 0.2) is 0 Å². The molecule has 0 aromatic heterocycles. The highest BCUT2D eigenvalue weighted by molar-refractivity contribution is 5.05. The number of hydrogen-bond donors (Lipinski definition) is 2. The Morgan fingerprint density at radius 1 is 1.35 bits per heavy atom. The Balaban J connectivity index is 1.82. The molecule has 4 nitrogen and oxygen atoms in total. The van der Waals surface area contributed by atoms with E-state index in [1.165, 1.54) is 32.5 Å².